The number of aromatic nitrogens is 1. The molecule has 1 aliphatic heterocycles. The van der Waals surface area contributed by atoms with Crippen molar-refractivity contribution in [2.75, 3.05) is 19.6 Å². The monoisotopic (exact) mass is 444 g/mol. The molecule has 30 heavy (non-hydrogen) atoms. The predicted octanol–water partition coefficient (Wildman–Crippen LogP) is 2.44. The minimum absolute atomic E-state index is 0.0100. The molecule has 2 heterocycles. The summed E-state index contributed by atoms with van der Waals surface area (Å²) in [6.45, 7) is 1.74. The number of para-hydroxylation sites is 1. The zero-order valence-electron chi connectivity index (χ0n) is 16.5. The van der Waals surface area contributed by atoms with Gasteiger partial charge in [-0.3, -0.25) is 9.69 Å². The second-order valence-electron chi connectivity index (χ2n) is 7.44. The van der Waals surface area contributed by atoms with Crippen molar-refractivity contribution in [3.8, 4) is 0 Å². The van der Waals surface area contributed by atoms with Crippen molar-refractivity contribution in [3.63, 3.8) is 0 Å². The summed E-state index contributed by atoms with van der Waals surface area (Å²) in [6, 6.07) is 14.7. The zero-order valence-corrected chi connectivity index (χ0v) is 18.1. The van der Waals surface area contributed by atoms with Crippen molar-refractivity contribution in [2.45, 2.75) is 30.2 Å². The molecule has 3 aromatic rings. The van der Waals surface area contributed by atoms with Crippen LogP contribution in [-0.2, 0) is 21.2 Å². The molecule has 0 saturated carbocycles. The van der Waals surface area contributed by atoms with Crippen molar-refractivity contribution in [3.05, 3.63) is 59.1 Å². The molecule has 1 aromatic heterocycles. The zero-order chi connectivity index (χ0) is 21.1. The Labute approximate surface area is 180 Å². The second-order valence-corrected chi connectivity index (χ2v) is 10.1. The van der Waals surface area contributed by atoms with E-state index in [2.05, 4.69) is 16.3 Å². The molecule has 0 bridgehead atoms. The van der Waals surface area contributed by atoms with Gasteiger partial charge in [0.1, 0.15) is 5.01 Å². The van der Waals surface area contributed by atoms with Crippen molar-refractivity contribution in [2.24, 2.45) is 5.14 Å². The standard InChI is InChI=1S/C21H24N4O3S2/c22-30(27,28)16-9-7-15(8-10-16)11-12-23-20(26)14-25-13-3-5-18(25)21-24-17-4-1-2-6-19(17)29-21/h1-2,4,6-10,18H,3,5,11-14H2,(H,23,26)(H2,22,27,28). The number of amides is 1. The Morgan fingerprint density at radius 3 is 2.70 bits per heavy atom. The van der Waals surface area contributed by atoms with Crippen LogP contribution in [-0.4, -0.2) is 43.8 Å². The number of rotatable bonds is 7. The Kier molecular flexibility index (Phi) is 6.14. The molecule has 1 saturated heterocycles. The van der Waals surface area contributed by atoms with Crippen LogP contribution < -0.4 is 10.5 Å². The summed E-state index contributed by atoms with van der Waals surface area (Å²) < 4.78 is 23.8. The van der Waals surface area contributed by atoms with Crippen LogP contribution >= 0.6 is 11.3 Å². The van der Waals surface area contributed by atoms with Crippen LogP contribution in [0.15, 0.2) is 53.4 Å². The van der Waals surface area contributed by atoms with E-state index in [1.807, 2.05) is 18.2 Å². The fraction of sp³-hybridized carbons (Fsp3) is 0.333. The van der Waals surface area contributed by atoms with Crippen LogP contribution in [0.4, 0.5) is 0 Å². The summed E-state index contributed by atoms with van der Waals surface area (Å²) in [5, 5.41) is 9.15. The molecule has 1 atom stereocenters. The molecule has 0 aliphatic carbocycles. The molecular weight excluding hydrogens is 420 g/mol. The van der Waals surface area contributed by atoms with E-state index in [0.29, 0.717) is 19.5 Å². The largest absolute Gasteiger partial charge is 0.355 e. The van der Waals surface area contributed by atoms with Gasteiger partial charge in [-0.05, 0) is 55.6 Å². The topological polar surface area (TPSA) is 105 Å². The van der Waals surface area contributed by atoms with Gasteiger partial charge in [0.25, 0.3) is 0 Å². The van der Waals surface area contributed by atoms with Crippen LogP contribution in [0, 0.1) is 0 Å². The summed E-state index contributed by atoms with van der Waals surface area (Å²) in [4.78, 5) is 19.5. The van der Waals surface area contributed by atoms with E-state index in [1.165, 1.54) is 16.8 Å². The maximum atomic E-state index is 12.5. The van der Waals surface area contributed by atoms with Gasteiger partial charge >= 0.3 is 0 Å². The van der Waals surface area contributed by atoms with Gasteiger partial charge in [0, 0.05) is 6.54 Å². The predicted molar refractivity (Wildman–Crippen MR) is 118 cm³/mol. The summed E-state index contributed by atoms with van der Waals surface area (Å²) in [6.07, 6.45) is 2.70. The summed E-state index contributed by atoms with van der Waals surface area (Å²) in [5.74, 6) is -0.0100. The number of fused-ring (bicyclic) bond motifs is 1. The third kappa shape index (κ3) is 4.86. The number of nitrogens with one attached hydrogen (secondary N) is 1. The number of hydrogen-bond donors (Lipinski definition) is 2. The van der Waals surface area contributed by atoms with Gasteiger partial charge in [0.15, 0.2) is 0 Å². The number of primary sulfonamides is 1. The van der Waals surface area contributed by atoms with Gasteiger partial charge < -0.3 is 5.32 Å². The highest BCUT2D eigenvalue weighted by atomic mass is 32.2. The average Bonchev–Trinajstić information content (AvgIpc) is 3.34. The first-order valence-electron chi connectivity index (χ1n) is 9.88. The summed E-state index contributed by atoms with van der Waals surface area (Å²) >= 11 is 1.71. The van der Waals surface area contributed by atoms with E-state index in [9.17, 15) is 13.2 Å². The Hall–Kier alpha value is -2.33. The number of nitrogens with zero attached hydrogens (tertiary/aromatic N) is 2. The van der Waals surface area contributed by atoms with Crippen LogP contribution in [0.5, 0.6) is 0 Å². The maximum absolute atomic E-state index is 12.5. The molecule has 7 nitrogen and oxygen atoms in total. The highest BCUT2D eigenvalue weighted by Gasteiger charge is 2.29. The molecule has 0 radical (unpaired) electrons. The fourth-order valence-corrected chi connectivity index (χ4v) is 5.41. The Morgan fingerprint density at radius 2 is 1.97 bits per heavy atom. The lowest BCUT2D eigenvalue weighted by Crippen LogP contribution is -2.37. The quantitative estimate of drug-likeness (QED) is 0.582. The lowest BCUT2D eigenvalue weighted by Gasteiger charge is -2.22. The third-order valence-electron chi connectivity index (χ3n) is 5.29. The van der Waals surface area contributed by atoms with Crippen molar-refractivity contribution < 1.29 is 13.2 Å². The lowest BCUT2D eigenvalue weighted by atomic mass is 10.1. The molecule has 9 heteroatoms. The van der Waals surface area contributed by atoms with Crippen LogP contribution in [0.25, 0.3) is 10.2 Å². The molecule has 2 aromatic carbocycles. The van der Waals surface area contributed by atoms with Crippen LogP contribution in [0.3, 0.4) is 0 Å². The fourth-order valence-electron chi connectivity index (χ4n) is 3.76. The number of carbonyl (C=O) groups is 1. The molecule has 1 aliphatic rings. The number of thiazole rings is 1. The maximum Gasteiger partial charge on any atom is 0.238 e. The van der Waals surface area contributed by atoms with Crippen molar-refractivity contribution in [1.29, 1.82) is 0 Å². The minimum atomic E-state index is -3.68. The van der Waals surface area contributed by atoms with Gasteiger partial charge in [-0.25, -0.2) is 18.5 Å². The van der Waals surface area contributed by atoms with Gasteiger partial charge in [-0.2, -0.15) is 0 Å². The van der Waals surface area contributed by atoms with E-state index in [4.69, 9.17) is 10.1 Å². The minimum Gasteiger partial charge on any atom is -0.355 e. The van der Waals surface area contributed by atoms with Crippen molar-refractivity contribution in [1.82, 2.24) is 15.2 Å². The molecule has 3 N–H and O–H groups in total. The third-order valence-corrected chi connectivity index (χ3v) is 7.36. The highest BCUT2D eigenvalue weighted by molar-refractivity contribution is 7.89. The van der Waals surface area contributed by atoms with Crippen LogP contribution in [0.1, 0.15) is 29.5 Å². The average molecular weight is 445 g/mol. The normalized spacial score (nSPS) is 17.4. The number of hydrogen-bond acceptors (Lipinski definition) is 6. The van der Waals surface area contributed by atoms with E-state index >= 15 is 0 Å². The first-order valence-corrected chi connectivity index (χ1v) is 12.2. The Morgan fingerprint density at radius 1 is 1.20 bits per heavy atom. The number of benzene rings is 2. The number of carbonyl (C=O) groups excluding carboxylic acids is 1. The van der Waals surface area contributed by atoms with Gasteiger partial charge in [-0.15, -0.1) is 11.3 Å². The van der Waals surface area contributed by atoms with Crippen LogP contribution in [0.2, 0.25) is 0 Å². The molecule has 1 unspecified atom stereocenters. The van der Waals surface area contributed by atoms with Gasteiger partial charge in [0.05, 0.1) is 27.7 Å². The summed E-state index contributed by atoms with van der Waals surface area (Å²) in [5.41, 5.74) is 1.96. The van der Waals surface area contributed by atoms with E-state index in [1.54, 1.807) is 23.5 Å². The highest BCUT2D eigenvalue weighted by Crippen LogP contribution is 2.36. The molecular formula is C21H24N4O3S2. The van der Waals surface area contributed by atoms with E-state index < -0.39 is 10.0 Å². The molecule has 158 valence electrons. The first kappa shape index (κ1) is 20.9. The molecule has 0 spiro atoms. The Bertz CT molecular complexity index is 1110. The van der Waals surface area contributed by atoms with Gasteiger partial charge in [-0.1, -0.05) is 24.3 Å². The first-order chi connectivity index (χ1) is 14.4. The van der Waals surface area contributed by atoms with E-state index in [-0.39, 0.29) is 16.8 Å². The van der Waals surface area contributed by atoms with E-state index in [0.717, 1.165) is 35.5 Å². The smallest absolute Gasteiger partial charge is 0.238 e. The Balaban J connectivity index is 1.30. The number of sulfonamides is 1. The SMILES string of the molecule is NS(=O)(=O)c1ccc(CCNC(=O)CN2CCCC2c2nc3ccccc3s2)cc1. The second kappa shape index (κ2) is 8.81. The molecule has 1 fully saturated rings. The van der Waals surface area contributed by atoms with Crippen molar-refractivity contribution >= 4 is 37.5 Å². The van der Waals surface area contributed by atoms with Gasteiger partial charge in [0.2, 0.25) is 15.9 Å². The molecule has 1 amide bonds. The number of nitrogens with two attached hydrogens (primary N) is 1. The molecule has 4 rings (SSSR count). The summed E-state index contributed by atoms with van der Waals surface area (Å²) in [7, 11) is -3.68. The number of likely N-dealkylation sites (tertiary alicyclic amines) is 1. The lowest BCUT2D eigenvalue weighted by molar-refractivity contribution is -0.122.